The summed E-state index contributed by atoms with van der Waals surface area (Å²) in [5, 5.41) is 11.8. The van der Waals surface area contributed by atoms with E-state index in [1.807, 2.05) is 4.90 Å². The van der Waals surface area contributed by atoms with Crippen LogP contribution in [-0.2, 0) is 4.79 Å². The first-order valence-corrected chi connectivity index (χ1v) is 5.86. The van der Waals surface area contributed by atoms with Crippen molar-refractivity contribution >= 4 is 29.3 Å². The number of hydrogen-bond acceptors (Lipinski definition) is 4. The molecule has 0 aliphatic carbocycles. The molecule has 0 saturated carbocycles. The largest absolute Gasteiger partial charge is 0.478 e. The van der Waals surface area contributed by atoms with Gasteiger partial charge in [0.15, 0.2) is 0 Å². The van der Waals surface area contributed by atoms with Crippen LogP contribution < -0.4 is 10.2 Å². The Morgan fingerprint density at radius 3 is 3.00 bits per heavy atom. The van der Waals surface area contributed by atoms with Gasteiger partial charge in [0.05, 0.1) is 10.6 Å². The molecule has 18 heavy (non-hydrogen) atoms. The average molecular weight is 270 g/mol. The topological polar surface area (TPSA) is 82.5 Å². The zero-order valence-electron chi connectivity index (χ0n) is 9.52. The molecule has 96 valence electrons. The van der Waals surface area contributed by atoms with Crippen molar-refractivity contribution in [3.8, 4) is 0 Å². The fourth-order valence-corrected chi connectivity index (χ4v) is 1.94. The molecule has 1 amide bonds. The summed E-state index contributed by atoms with van der Waals surface area (Å²) >= 11 is 5.76. The standard InChI is InChI=1S/C11H12ClN3O3/c12-8-6-14-9(5-7(8)11(17)18)15-3-1-10(16)13-2-4-15/h5-6H,1-4H2,(H,13,16)(H,17,18). The van der Waals surface area contributed by atoms with Crippen LogP contribution >= 0.6 is 11.6 Å². The number of carbonyl (C=O) groups is 2. The molecule has 1 aromatic rings. The molecule has 1 saturated heterocycles. The number of amides is 1. The van der Waals surface area contributed by atoms with Gasteiger partial charge in [-0.1, -0.05) is 11.6 Å². The minimum absolute atomic E-state index is 0.00933. The Kier molecular flexibility index (Phi) is 3.66. The van der Waals surface area contributed by atoms with Crippen molar-refractivity contribution < 1.29 is 14.7 Å². The highest BCUT2D eigenvalue weighted by Gasteiger charge is 2.17. The number of halogens is 1. The Bertz CT molecular complexity index is 492. The van der Waals surface area contributed by atoms with E-state index in [4.69, 9.17) is 16.7 Å². The predicted molar refractivity (Wildman–Crippen MR) is 66.0 cm³/mol. The number of aromatic nitrogens is 1. The Hall–Kier alpha value is -1.82. The lowest BCUT2D eigenvalue weighted by atomic mass is 10.2. The molecule has 1 fully saturated rings. The summed E-state index contributed by atoms with van der Waals surface area (Å²) < 4.78 is 0. The number of nitrogens with one attached hydrogen (secondary N) is 1. The lowest BCUT2D eigenvalue weighted by Gasteiger charge is -2.20. The zero-order chi connectivity index (χ0) is 13.1. The maximum Gasteiger partial charge on any atom is 0.337 e. The van der Waals surface area contributed by atoms with E-state index in [2.05, 4.69) is 10.3 Å². The maximum atomic E-state index is 11.2. The van der Waals surface area contributed by atoms with Crippen molar-refractivity contribution in [3.63, 3.8) is 0 Å². The van der Waals surface area contributed by atoms with Crippen LogP contribution in [0.4, 0.5) is 5.82 Å². The smallest absolute Gasteiger partial charge is 0.337 e. The number of carboxylic acids is 1. The predicted octanol–water partition coefficient (Wildman–Crippen LogP) is 0.760. The molecule has 1 aromatic heterocycles. The molecule has 0 radical (unpaired) electrons. The summed E-state index contributed by atoms with van der Waals surface area (Å²) in [4.78, 5) is 28.2. The molecule has 1 aliphatic heterocycles. The van der Waals surface area contributed by atoms with Gasteiger partial charge in [-0.15, -0.1) is 0 Å². The lowest BCUT2D eigenvalue weighted by molar-refractivity contribution is -0.120. The van der Waals surface area contributed by atoms with Crippen molar-refractivity contribution in [1.29, 1.82) is 0 Å². The first-order chi connectivity index (χ1) is 8.58. The van der Waals surface area contributed by atoms with Gasteiger partial charge in [0.1, 0.15) is 5.82 Å². The van der Waals surface area contributed by atoms with E-state index >= 15 is 0 Å². The normalized spacial score (nSPS) is 16.1. The van der Waals surface area contributed by atoms with Gasteiger partial charge >= 0.3 is 5.97 Å². The van der Waals surface area contributed by atoms with E-state index in [1.165, 1.54) is 12.3 Å². The van der Waals surface area contributed by atoms with E-state index in [1.54, 1.807) is 0 Å². The summed E-state index contributed by atoms with van der Waals surface area (Å²) in [7, 11) is 0. The van der Waals surface area contributed by atoms with Gasteiger partial charge in [-0.05, 0) is 6.07 Å². The van der Waals surface area contributed by atoms with Crippen molar-refractivity contribution in [2.75, 3.05) is 24.5 Å². The molecule has 0 bridgehead atoms. The Morgan fingerprint density at radius 2 is 2.28 bits per heavy atom. The van der Waals surface area contributed by atoms with E-state index in [0.29, 0.717) is 31.9 Å². The van der Waals surface area contributed by atoms with Crippen LogP contribution in [0.5, 0.6) is 0 Å². The van der Waals surface area contributed by atoms with E-state index in [-0.39, 0.29) is 16.5 Å². The maximum absolute atomic E-state index is 11.2. The highest BCUT2D eigenvalue weighted by Crippen LogP contribution is 2.21. The number of rotatable bonds is 2. The van der Waals surface area contributed by atoms with Gasteiger partial charge in [0, 0.05) is 32.3 Å². The van der Waals surface area contributed by atoms with Crippen molar-refractivity contribution in [2.24, 2.45) is 0 Å². The van der Waals surface area contributed by atoms with E-state index in [0.717, 1.165) is 0 Å². The van der Waals surface area contributed by atoms with Crippen molar-refractivity contribution in [1.82, 2.24) is 10.3 Å². The second-order valence-corrected chi connectivity index (χ2v) is 4.32. The highest BCUT2D eigenvalue weighted by molar-refractivity contribution is 6.33. The number of hydrogen-bond donors (Lipinski definition) is 2. The molecule has 0 aromatic carbocycles. The van der Waals surface area contributed by atoms with Gasteiger partial charge in [-0.25, -0.2) is 9.78 Å². The second-order valence-electron chi connectivity index (χ2n) is 3.91. The van der Waals surface area contributed by atoms with Crippen LogP contribution in [0.15, 0.2) is 12.3 Å². The first-order valence-electron chi connectivity index (χ1n) is 5.48. The van der Waals surface area contributed by atoms with Crippen molar-refractivity contribution in [3.05, 3.63) is 22.8 Å². The van der Waals surface area contributed by atoms with Gasteiger partial charge in [0.25, 0.3) is 0 Å². The second kappa shape index (κ2) is 5.22. The molecule has 6 nitrogen and oxygen atoms in total. The number of carbonyl (C=O) groups excluding carboxylic acids is 1. The van der Waals surface area contributed by atoms with E-state index in [9.17, 15) is 9.59 Å². The third kappa shape index (κ3) is 2.70. The van der Waals surface area contributed by atoms with Crippen LogP contribution in [0, 0.1) is 0 Å². The van der Waals surface area contributed by atoms with Gasteiger partial charge in [-0.3, -0.25) is 4.79 Å². The molecule has 0 atom stereocenters. The Balaban J connectivity index is 2.25. The van der Waals surface area contributed by atoms with Crippen LogP contribution in [0.2, 0.25) is 5.02 Å². The molecule has 0 unspecified atom stereocenters. The summed E-state index contributed by atoms with van der Waals surface area (Å²) in [6, 6.07) is 1.43. The molecule has 2 rings (SSSR count). The summed E-state index contributed by atoms with van der Waals surface area (Å²) in [6.45, 7) is 1.63. The molecular formula is C11H12ClN3O3. The van der Waals surface area contributed by atoms with Crippen LogP contribution in [0.1, 0.15) is 16.8 Å². The third-order valence-electron chi connectivity index (χ3n) is 2.71. The highest BCUT2D eigenvalue weighted by atomic mass is 35.5. The van der Waals surface area contributed by atoms with Crippen molar-refractivity contribution in [2.45, 2.75) is 6.42 Å². The number of nitrogens with zero attached hydrogens (tertiary/aromatic N) is 2. The van der Waals surface area contributed by atoms with Crippen LogP contribution in [0.3, 0.4) is 0 Å². The minimum Gasteiger partial charge on any atom is -0.478 e. The number of aromatic carboxylic acids is 1. The van der Waals surface area contributed by atoms with Crippen LogP contribution in [0.25, 0.3) is 0 Å². The fourth-order valence-electron chi connectivity index (χ4n) is 1.76. The minimum atomic E-state index is -1.09. The van der Waals surface area contributed by atoms with Gasteiger partial charge < -0.3 is 15.3 Å². The van der Waals surface area contributed by atoms with Gasteiger partial charge in [-0.2, -0.15) is 0 Å². The molecular weight excluding hydrogens is 258 g/mol. The first kappa shape index (κ1) is 12.6. The monoisotopic (exact) mass is 269 g/mol. The Morgan fingerprint density at radius 1 is 1.50 bits per heavy atom. The van der Waals surface area contributed by atoms with E-state index < -0.39 is 5.97 Å². The number of pyridine rings is 1. The molecule has 7 heteroatoms. The fraction of sp³-hybridized carbons (Fsp3) is 0.364. The lowest BCUT2D eigenvalue weighted by Crippen LogP contribution is -2.29. The average Bonchev–Trinajstić information content (AvgIpc) is 2.54. The molecule has 2 N–H and O–H groups in total. The summed E-state index contributed by atoms with van der Waals surface area (Å²) in [6.07, 6.45) is 1.69. The SMILES string of the molecule is O=C1CCN(c2cc(C(=O)O)c(Cl)cn2)CCN1. The Labute approximate surface area is 109 Å². The zero-order valence-corrected chi connectivity index (χ0v) is 10.3. The summed E-state index contributed by atoms with van der Waals surface area (Å²) in [5.41, 5.74) is 0.0187. The molecule has 1 aliphatic rings. The molecule has 0 spiro atoms. The summed E-state index contributed by atoms with van der Waals surface area (Å²) in [5.74, 6) is -0.578. The van der Waals surface area contributed by atoms with Gasteiger partial charge in [0.2, 0.25) is 5.91 Å². The molecule has 2 heterocycles. The quantitative estimate of drug-likeness (QED) is 0.828. The van der Waals surface area contributed by atoms with Crippen LogP contribution in [-0.4, -0.2) is 41.6 Å². The number of carboxylic acid groups (broad SMARTS) is 1. The number of anilines is 1. The third-order valence-corrected chi connectivity index (χ3v) is 3.01.